The van der Waals surface area contributed by atoms with Crippen LogP contribution in [0.25, 0.3) is 0 Å². The Hall–Kier alpha value is -2.08. The fourth-order valence-corrected chi connectivity index (χ4v) is 1.57. The van der Waals surface area contributed by atoms with Gasteiger partial charge in [-0.2, -0.15) is 0 Å². The molecule has 6 heteroatoms. The van der Waals surface area contributed by atoms with Crippen LogP contribution in [0.5, 0.6) is 0 Å². The Kier molecular flexibility index (Phi) is 3.02. The molecule has 0 spiro atoms. The van der Waals surface area contributed by atoms with E-state index in [0.29, 0.717) is 5.13 Å². The molecule has 0 aliphatic carbocycles. The molecule has 1 aromatic carbocycles. The Balaban J connectivity index is 2.14. The third-order valence-corrected chi connectivity index (χ3v) is 2.53. The first-order chi connectivity index (χ1) is 7.75. The van der Waals surface area contributed by atoms with E-state index in [1.165, 1.54) is 23.5 Å². The molecule has 1 aromatic heterocycles. The summed E-state index contributed by atoms with van der Waals surface area (Å²) in [4.78, 5) is 18.1. The lowest BCUT2D eigenvalue weighted by atomic mass is 10.2. The maximum Gasteiger partial charge on any atom is 0.269 e. The van der Waals surface area contributed by atoms with E-state index in [2.05, 4.69) is 9.98 Å². The van der Waals surface area contributed by atoms with Crippen molar-refractivity contribution < 1.29 is 4.92 Å². The number of rotatable bonds is 3. The second-order valence-corrected chi connectivity index (χ2v) is 3.79. The molecule has 0 bridgehead atoms. The third kappa shape index (κ3) is 2.48. The van der Waals surface area contributed by atoms with E-state index in [1.807, 2.05) is 5.38 Å². The molecule has 0 aliphatic rings. The predicted octanol–water partition coefficient (Wildman–Crippen LogP) is 2.80. The maximum absolute atomic E-state index is 10.4. The van der Waals surface area contributed by atoms with Gasteiger partial charge < -0.3 is 0 Å². The molecule has 80 valence electrons. The maximum atomic E-state index is 10.4. The summed E-state index contributed by atoms with van der Waals surface area (Å²) in [5.74, 6) is 0. The third-order valence-electron chi connectivity index (χ3n) is 1.85. The highest BCUT2D eigenvalue weighted by atomic mass is 32.1. The van der Waals surface area contributed by atoms with Gasteiger partial charge in [-0.1, -0.05) is 0 Å². The average Bonchev–Trinajstić information content (AvgIpc) is 2.80. The SMILES string of the molecule is O=[N+]([O-])c1ccc(/C=N/c2nccs2)cc1. The highest BCUT2D eigenvalue weighted by Gasteiger charge is 2.02. The van der Waals surface area contributed by atoms with E-state index in [4.69, 9.17) is 0 Å². The van der Waals surface area contributed by atoms with Crippen molar-refractivity contribution >= 4 is 28.4 Å². The van der Waals surface area contributed by atoms with Gasteiger partial charge in [0.25, 0.3) is 5.69 Å². The second kappa shape index (κ2) is 4.63. The van der Waals surface area contributed by atoms with Gasteiger partial charge >= 0.3 is 0 Å². The summed E-state index contributed by atoms with van der Waals surface area (Å²) in [5, 5.41) is 12.9. The number of nitro benzene ring substituents is 1. The van der Waals surface area contributed by atoms with Gasteiger partial charge in [0.2, 0.25) is 5.13 Å². The van der Waals surface area contributed by atoms with Gasteiger partial charge in [-0.15, -0.1) is 11.3 Å². The monoisotopic (exact) mass is 233 g/mol. The summed E-state index contributed by atoms with van der Waals surface area (Å²) in [5.41, 5.74) is 0.882. The van der Waals surface area contributed by atoms with Gasteiger partial charge in [0.1, 0.15) is 0 Å². The molecule has 2 rings (SSSR count). The number of non-ortho nitro benzene ring substituents is 1. The number of nitro groups is 1. The molecule has 0 saturated heterocycles. The summed E-state index contributed by atoms with van der Waals surface area (Å²) < 4.78 is 0. The van der Waals surface area contributed by atoms with Gasteiger partial charge in [-0.05, 0) is 17.7 Å². The van der Waals surface area contributed by atoms with E-state index in [0.717, 1.165) is 5.56 Å². The van der Waals surface area contributed by atoms with Gasteiger partial charge in [0, 0.05) is 29.9 Å². The lowest BCUT2D eigenvalue weighted by Gasteiger charge is -1.92. The highest BCUT2D eigenvalue weighted by Crippen LogP contribution is 2.15. The molecule has 0 unspecified atom stereocenters. The number of aromatic nitrogens is 1. The van der Waals surface area contributed by atoms with Crippen LogP contribution in [0.15, 0.2) is 40.8 Å². The Bertz CT molecular complexity index is 505. The number of thiazole rings is 1. The molecule has 0 saturated carbocycles. The number of hydrogen-bond donors (Lipinski definition) is 0. The minimum absolute atomic E-state index is 0.0754. The number of hydrogen-bond acceptors (Lipinski definition) is 5. The first-order valence-electron chi connectivity index (χ1n) is 4.44. The van der Waals surface area contributed by atoms with Crippen LogP contribution in [0.4, 0.5) is 10.8 Å². The van der Waals surface area contributed by atoms with Crippen molar-refractivity contribution in [3.05, 3.63) is 51.5 Å². The van der Waals surface area contributed by atoms with Gasteiger partial charge in [-0.25, -0.2) is 9.98 Å². The molecule has 0 aliphatic heterocycles. The van der Waals surface area contributed by atoms with Gasteiger partial charge in [0.15, 0.2) is 0 Å². The fourth-order valence-electron chi connectivity index (χ4n) is 1.09. The van der Waals surface area contributed by atoms with E-state index in [-0.39, 0.29) is 5.69 Å². The Labute approximate surface area is 95.3 Å². The Morgan fingerprint density at radius 3 is 2.69 bits per heavy atom. The molecule has 1 heterocycles. The lowest BCUT2D eigenvalue weighted by molar-refractivity contribution is -0.384. The number of nitrogens with zero attached hydrogens (tertiary/aromatic N) is 3. The van der Waals surface area contributed by atoms with E-state index < -0.39 is 4.92 Å². The van der Waals surface area contributed by atoms with Crippen molar-refractivity contribution in [2.24, 2.45) is 4.99 Å². The Morgan fingerprint density at radius 1 is 1.38 bits per heavy atom. The van der Waals surface area contributed by atoms with Crippen LogP contribution < -0.4 is 0 Å². The van der Waals surface area contributed by atoms with E-state index >= 15 is 0 Å². The molecular formula is C10H7N3O2S. The largest absolute Gasteiger partial charge is 0.269 e. The molecule has 5 nitrogen and oxygen atoms in total. The molecule has 0 radical (unpaired) electrons. The van der Waals surface area contributed by atoms with Crippen molar-refractivity contribution in [2.75, 3.05) is 0 Å². The standard InChI is InChI=1S/C10H7N3O2S/c14-13(15)9-3-1-8(2-4-9)7-12-10-11-5-6-16-10/h1-7H/b12-7+. The zero-order valence-electron chi connectivity index (χ0n) is 8.11. The fraction of sp³-hybridized carbons (Fsp3) is 0. The lowest BCUT2D eigenvalue weighted by Crippen LogP contribution is -1.88. The van der Waals surface area contributed by atoms with Crippen LogP contribution in [-0.4, -0.2) is 16.1 Å². The van der Waals surface area contributed by atoms with Gasteiger partial charge in [0.05, 0.1) is 4.92 Å². The predicted molar refractivity (Wildman–Crippen MR) is 62.5 cm³/mol. The van der Waals surface area contributed by atoms with Crippen LogP contribution >= 0.6 is 11.3 Å². The summed E-state index contributed by atoms with van der Waals surface area (Å²) in [7, 11) is 0. The zero-order chi connectivity index (χ0) is 11.4. The normalized spacial score (nSPS) is 10.8. The molecule has 16 heavy (non-hydrogen) atoms. The van der Waals surface area contributed by atoms with Crippen molar-refractivity contribution in [3.8, 4) is 0 Å². The first kappa shape index (κ1) is 10.4. The minimum Gasteiger partial charge on any atom is -0.258 e. The molecule has 0 atom stereocenters. The van der Waals surface area contributed by atoms with Crippen molar-refractivity contribution in [2.45, 2.75) is 0 Å². The van der Waals surface area contributed by atoms with E-state index in [9.17, 15) is 10.1 Å². The average molecular weight is 233 g/mol. The number of benzene rings is 1. The van der Waals surface area contributed by atoms with Crippen molar-refractivity contribution in [1.29, 1.82) is 0 Å². The van der Waals surface area contributed by atoms with Gasteiger partial charge in [-0.3, -0.25) is 10.1 Å². The number of aliphatic imine (C=N–C) groups is 1. The zero-order valence-corrected chi connectivity index (χ0v) is 8.92. The summed E-state index contributed by atoms with van der Waals surface area (Å²) in [6.45, 7) is 0. The topological polar surface area (TPSA) is 68.4 Å². The van der Waals surface area contributed by atoms with Crippen LogP contribution in [-0.2, 0) is 0 Å². The quantitative estimate of drug-likeness (QED) is 0.465. The molecule has 0 N–H and O–H groups in total. The molecule has 2 aromatic rings. The summed E-state index contributed by atoms with van der Waals surface area (Å²) in [6.07, 6.45) is 3.30. The van der Waals surface area contributed by atoms with Crippen LogP contribution in [0, 0.1) is 10.1 Å². The smallest absolute Gasteiger partial charge is 0.258 e. The van der Waals surface area contributed by atoms with Crippen molar-refractivity contribution in [1.82, 2.24) is 4.98 Å². The van der Waals surface area contributed by atoms with Crippen LogP contribution in [0.1, 0.15) is 5.56 Å². The van der Waals surface area contributed by atoms with E-state index in [1.54, 1.807) is 24.5 Å². The first-order valence-corrected chi connectivity index (χ1v) is 5.32. The summed E-state index contributed by atoms with van der Waals surface area (Å²) >= 11 is 1.43. The molecule has 0 amide bonds. The van der Waals surface area contributed by atoms with Crippen LogP contribution in [0.2, 0.25) is 0 Å². The van der Waals surface area contributed by atoms with Crippen molar-refractivity contribution in [3.63, 3.8) is 0 Å². The second-order valence-electron chi connectivity index (χ2n) is 2.92. The Morgan fingerprint density at radius 2 is 2.12 bits per heavy atom. The summed E-state index contributed by atoms with van der Waals surface area (Å²) in [6, 6.07) is 6.19. The highest BCUT2D eigenvalue weighted by molar-refractivity contribution is 7.13. The molecular weight excluding hydrogens is 226 g/mol. The minimum atomic E-state index is -0.429. The van der Waals surface area contributed by atoms with Crippen LogP contribution in [0.3, 0.4) is 0 Å². The molecule has 0 fully saturated rings.